The van der Waals surface area contributed by atoms with Crippen molar-refractivity contribution in [2.45, 2.75) is 18.6 Å². The number of nitrogen functional groups attached to an aromatic ring is 1. The van der Waals surface area contributed by atoms with Gasteiger partial charge in [0.25, 0.3) is 0 Å². The van der Waals surface area contributed by atoms with Gasteiger partial charge >= 0.3 is 0 Å². The molecule has 1 rings (SSSR count). The lowest BCUT2D eigenvalue weighted by molar-refractivity contribution is 0.401. The van der Waals surface area contributed by atoms with Gasteiger partial charge in [-0.05, 0) is 26.0 Å². The van der Waals surface area contributed by atoms with E-state index in [1.807, 2.05) is 0 Å². The maximum Gasteiger partial charge on any atom is 0.238 e. The molecule has 0 atom stereocenters. The van der Waals surface area contributed by atoms with E-state index in [1.165, 1.54) is 13.4 Å². The van der Waals surface area contributed by atoms with Crippen LogP contribution in [-0.4, -0.2) is 38.1 Å². The van der Waals surface area contributed by atoms with E-state index in [4.69, 9.17) is 10.5 Å². The number of methoxy groups -OCH3 is 1. The first kappa shape index (κ1) is 14.6. The standard InChI is InChI=1S/C11H19N3O3S/c1-11(2,18(4,15)16)7-13-9-6-5-8(12)10(14-9)17-3/h5-6H,7,12H2,1-4H3,(H,13,14). The minimum atomic E-state index is -3.14. The zero-order valence-electron chi connectivity index (χ0n) is 11.0. The summed E-state index contributed by atoms with van der Waals surface area (Å²) in [6.07, 6.45) is 1.21. The van der Waals surface area contributed by atoms with Crippen molar-refractivity contribution in [2.24, 2.45) is 0 Å². The lowest BCUT2D eigenvalue weighted by Gasteiger charge is -2.23. The number of nitrogens with two attached hydrogens (primary N) is 1. The summed E-state index contributed by atoms with van der Waals surface area (Å²) in [6.45, 7) is 3.57. The molecule has 1 aromatic heterocycles. The molecule has 0 spiro atoms. The van der Waals surface area contributed by atoms with Crippen molar-refractivity contribution in [3.63, 3.8) is 0 Å². The minimum Gasteiger partial charge on any atom is -0.479 e. The van der Waals surface area contributed by atoms with E-state index in [0.29, 0.717) is 17.4 Å². The molecule has 7 heteroatoms. The Morgan fingerprint density at radius 2 is 2.06 bits per heavy atom. The Morgan fingerprint density at radius 3 is 2.56 bits per heavy atom. The highest BCUT2D eigenvalue weighted by atomic mass is 32.2. The molecule has 18 heavy (non-hydrogen) atoms. The van der Waals surface area contributed by atoms with E-state index in [9.17, 15) is 8.42 Å². The SMILES string of the molecule is COc1nc(NCC(C)(C)S(C)(=O)=O)ccc1N. The van der Waals surface area contributed by atoms with Crippen LogP contribution in [0, 0.1) is 0 Å². The molecule has 6 nitrogen and oxygen atoms in total. The molecule has 0 saturated heterocycles. The van der Waals surface area contributed by atoms with E-state index in [2.05, 4.69) is 10.3 Å². The second kappa shape index (κ2) is 5.01. The van der Waals surface area contributed by atoms with Gasteiger partial charge in [-0.2, -0.15) is 4.98 Å². The minimum absolute atomic E-state index is 0.256. The monoisotopic (exact) mass is 273 g/mol. The molecule has 0 aliphatic heterocycles. The Labute approximate surface area is 107 Å². The van der Waals surface area contributed by atoms with Gasteiger partial charge in [-0.1, -0.05) is 0 Å². The summed E-state index contributed by atoms with van der Waals surface area (Å²) in [7, 11) is -1.67. The Morgan fingerprint density at radius 1 is 1.44 bits per heavy atom. The fourth-order valence-electron chi connectivity index (χ4n) is 1.15. The van der Waals surface area contributed by atoms with Gasteiger partial charge in [0.2, 0.25) is 5.88 Å². The van der Waals surface area contributed by atoms with Gasteiger partial charge in [0.05, 0.1) is 17.5 Å². The van der Waals surface area contributed by atoms with Crippen LogP contribution in [0.25, 0.3) is 0 Å². The lowest BCUT2D eigenvalue weighted by Crippen LogP contribution is -2.38. The van der Waals surface area contributed by atoms with E-state index in [-0.39, 0.29) is 6.54 Å². The van der Waals surface area contributed by atoms with Crippen LogP contribution in [0.4, 0.5) is 11.5 Å². The second-order valence-electron chi connectivity index (χ2n) is 4.68. The highest BCUT2D eigenvalue weighted by molar-refractivity contribution is 7.92. The molecule has 0 bridgehead atoms. The quantitative estimate of drug-likeness (QED) is 0.828. The first-order chi connectivity index (χ1) is 8.17. The van der Waals surface area contributed by atoms with Crippen molar-refractivity contribution in [1.29, 1.82) is 0 Å². The van der Waals surface area contributed by atoms with Gasteiger partial charge in [-0.25, -0.2) is 8.42 Å². The second-order valence-corrected chi connectivity index (χ2v) is 7.33. The van der Waals surface area contributed by atoms with Crippen molar-refractivity contribution in [3.8, 4) is 5.88 Å². The number of anilines is 2. The van der Waals surface area contributed by atoms with Crippen LogP contribution >= 0.6 is 0 Å². The van der Waals surface area contributed by atoms with Crippen LogP contribution in [0.3, 0.4) is 0 Å². The smallest absolute Gasteiger partial charge is 0.238 e. The summed E-state index contributed by atoms with van der Waals surface area (Å²) >= 11 is 0. The van der Waals surface area contributed by atoms with Crippen LogP contribution in [0.1, 0.15) is 13.8 Å². The van der Waals surface area contributed by atoms with Gasteiger partial charge in [0.15, 0.2) is 9.84 Å². The number of hydrogen-bond acceptors (Lipinski definition) is 6. The number of aromatic nitrogens is 1. The first-order valence-corrected chi connectivity index (χ1v) is 7.30. The van der Waals surface area contributed by atoms with Crippen LogP contribution in [0.15, 0.2) is 12.1 Å². The molecule has 3 N–H and O–H groups in total. The summed E-state index contributed by atoms with van der Waals surface area (Å²) < 4.78 is 27.2. The number of hydrogen-bond donors (Lipinski definition) is 2. The molecule has 1 aromatic rings. The molecule has 0 fully saturated rings. The van der Waals surface area contributed by atoms with Crippen LogP contribution in [0.2, 0.25) is 0 Å². The normalized spacial score (nSPS) is 12.2. The molecule has 0 aliphatic rings. The van der Waals surface area contributed by atoms with Crippen LogP contribution < -0.4 is 15.8 Å². The number of pyridine rings is 1. The third kappa shape index (κ3) is 3.25. The molecule has 0 aromatic carbocycles. The molecular formula is C11H19N3O3S. The number of nitrogens with zero attached hydrogens (tertiary/aromatic N) is 1. The predicted octanol–water partition coefficient (Wildman–Crippen LogP) is 0.907. The summed E-state index contributed by atoms with van der Waals surface area (Å²) in [6, 6.07) is 3.33. The lowest BCUT2D eigenvalue weighted by atomic mass is 10.2. The van der Waals surface area contributed by atoms with Crippen LogP contribution in [-0.2, 0) is 9.84 Å². The number of nitrogens with one attached hydrogen (secondary N) is 1. The highest BCUT2D eigenvalue weighted by Crippen LogP contribution is 2.21. The van der Waals surface area contributed by atoms with Crippen LogP contribution in [0.5, 0.6) is 5.88 Å². The van der Waals surface area contributed by atoms with Crippen molar-refractivity contribution in [3.05, 3.63) is 12.1 Å². The third-order valence-electron chi connectivity index (χ3n) is 2.78. The Balaban J connectivity index is 2.82. The molecule has 0 amide bonds. The highest BCUT2D eigenvalue weighted by Gasteiger charge is 2.29. The van der Waals surface area contributed by atoms with E-state index < -0.39 is 14.6 Å². The van der Waals surface area contributed by atoms with Gasteiger partial charge in [0, 0.05) is 12.8 Å². The largest absolute Gasteiger partial charge is 0.479 e. The zero-order chi connectivity index (χ0) is 14.0. The molecule has 0 saturated carbocycles. The maximum absolute atomic E-state index is 11.5. The fraction of sp³-hybridized carbons (Fsp3) is 0.545. The average Bonchev–Trinajstić information content (AvgIpc) is 2.26. The van der Waals surface area contributed by atoms with E-state index in [0.717, 1.165) is 0 Å². The van der Waals surface area contributed by atoms with Gasteiger partial charge in [0.1, 0.15) is 5.82 Å². The number of sulfone groups is 1. The van der Waals surface area contributed by atoms with Gasteiger partial charge in [-0.3, -0.25) is 0 Å². The van der Waals surface area contributed by atoms with E-state index >= 15 is 0 Å². The van der Waals surface area contributed by atoms with Crippen molar-refractivity contribution >= 4 is 21.3 Å². The molecule has 1 heterocycles. The molecule has 102 valence electrons. The topological polar surface area (TPSA) is 94.3 Å². The molecular weight excluding hydrogens is 254 g/mol. The summed E-state index contributed by atoms with van der Waals surface area (Å²) in [4.78, 5) is 4.12. The first-order valence-electron chi connectivity index (χ1n) is 5.41. The van der Waals surface area contributed by atoms with Crippen molar-refractivity contribution in [1.82, 2.24) is 4.98 Å². The molecule has 0 aliphatic carbocycles. The predicted molar refractivity (Wildman–Crippen MR) is 72.6 cm³/mol. The maximum atomic E-state index is 11.5. The average molecular weight is 273 g/mol. The zero-order valence-corrected chi connectivity index (χ0v) is 11.8. The fourth-order valence-corrected chi connectivity index (χ4v) is 1.48. The van der Waals surface area contributed by atoms with Gasteiger partial charge < -0.3 is 15.8 Å². The number of rotatable bonds is 5. The summed E-state index contributed by atoms with van der Waals surface area (Å²) in [5.74, 6) is 0.843. The Bertz CT molecular complexity index is 526. The van der Waals surface area contributed by atoms with Crippen molar-refractivity contribution in [2.75, 3.05) is 31.0 Å². The summed E-state index contributed by atoms with van der Waals surface area (Å²) in [5, 5.41) is 2.97. The Kier molecular flexibility index (Phi) is 4.05. The van der Waals surface area contributed by atoms with Crippen molar-refractivity contribution < 1.29 is 13.2 Å². The Hall–Kier alpha value is -1.50. The molecule has 0 unspecified atom stereocenters. The number of ether oxygens (including phenoxy) is 1. The van der Waals surface area contributed by atoms with E-state index in [1.54, 1.807) is 26.0 Å². The summed E-state index contributed by atoms with van der Waals surface area (Å²) in [5.41, 5.74) is 6.08. The molecule has 0 radical (unpaired) electrons. The third-order valence-corrected chi connectivity index (χ3v) is 4.93. The van der Waals surface area contributed by atoms with Gasteiger partial charge in [-0.15, -0.1) is 0 Å².